The van der Waals surface area contributed by atoms with E-state index in [1.54, 1.807) is 29.9 Å². The van der Waals surface area contributed by atoms with E-state index in [0.29, 0.717) is 10.6 Å². The molecule has 0 bridgehead atoms. The summed E-state index contributed by atoms with van der Waals surface area (Å²) in [4.78, 5) is 25.2. The van der Waals surface area contributed by atoms with Gasteiger partial charge in [-0.1, -0.05) is 0 Å². The fraction of sp³-hybridized carbons (Fsp3) is 0.375. The third kappa shape index (κ3) is 3.53. The highest BCUT2D eigenvalue weighted by atomic mass is 32.1. The molecule has 3 heterocycles. The van der Waals surface area contributed by atoms with Gasteiger partial charge in [0.15, 0.2) is 0 Å². The average Bonchev–Trinajstić information content (AvgIpc) is 3.09. The molecule has 0 spiro atoms. The average molecular weight is 342 g/mol. The van der Waals surface area contributed by atoms with Crippen LogP contribution >= 0.6 is 11.3 Å². The molecule has 1 N–H and O–H groups in total. The van der Waals surface area contributed by atoms with Crippen molar-refractivity contribution in [3.05, 3.63) is 35.5 Å². The van der Waals surface area contributed by atoms with Crippen LogP contribution in [0.15, 0.2) is 29.9 Å². The molecular formula is C16H18N6OS. The van der Waals surface area contributed by atoms with Gasteiger partial charge in [0.2, 0.25) is 11.9 Å². The van der Waals surface area contributed by atoms with Gasteiger partial charge in [0.05, 0.1) is 11.6 Å². The van der Waals surface area contributed by atoms with E-state index >= 15 is 0 Å². The minimum atomic E-state index is -0.252. The van der Waals surface area contributed by atoms with E-state index in [1.165, 1.54) is 11.3 Å². The highest BCUT2D eigenvalue weighted by Gasteiger charge is 2.27. The topological polar surface area (TPSA) is 85.2 Å². The van der Waals surface area contributed by atoms with E-state index in [9.17, 15) is 4.79 Å². The Morgan fingerprint density at radius 2 is 2.04 bits per heavy atom. The molecule has 0 saturated carbocycles. The molecule has 2 aromatic heterocycles. The van der Waals surface area contributed by atoms with Crippen LogP contribution in [-0.2, 0) is 4.79 Å². The van der Waals surface area contributed by atoms with E-state index in [2.05, 4.69) is 31.2 Å². The molecule has 7 nitrogen and oxygen atoms in total. The van der Waals surface area contributed by atoms with Crippen LogP contribution in [0.5, 0.6) is 0 Å². The number of nitrogens with one attached hydrogen (secondary N) is 1. The zero-order valence-electron chi connectivity index (χ0n) is 13.3. The first-order valence-corrected chi connectivity index (χ1v) is 8.61. The summed E-state index contributed by atoms with van der Waals surface area (Å²) >= 11 is 1.37. The fourth-order valence-electron chi connectivity index (χ4n) is 2.64. The molecule has 0 unspecified atom stereocenters. The number of aromatic nitrogens is 2. The largest absolute Gasteiger partial charge is 0.338 e. The molecule has 1 saturated heterocycles. The summed E-state index contributed by atoms with van der Waals surface area (Å²) in [6.45, 7) is 4.99. The number of piperazine rings is 1. The van der Waals surface area contributed by atoms with Gasteiger partial charge in [0, 0.05) is 38.6 Å². The molecule has 0 aliphatic carbocycles. The van der Waals surface area contributed by atoms with Crippen molar-refractivity contribution in [1.29, 1.82) is 5.26 Å². The maximum Gasteiger partial charge on any atom is 0.242 e. The van der Waals surface area contributed by atoms with Crippen LogP contribution < -0.4 is 10.2 Å². The first-order valence-electron chi connectivity index (χ1n) is 7.73. The number of amides is 1. The van der Waals surface area contributed by atoms with Gasteiger partial charge in [-0.25, -0.2) is 9.97 Å². The number of hydrogen-bond donors (Lipinski definition) is 1. The summed E-state index contributed by atoms with van der Waals surface area (Å²) in [5.41, 5.74) is 0.506. The number of anilines is 2. The lowest BCUT2D eigenvalue weighted by molar-refractivity contribution is -0.120. The molecule has 0 radical (unpaired) electrons. The first-order chi connectivity index (χ1) is 11.7. The highest BCUT2D eigenvalue weighted by molar-refractivity contribution is 7.14. The molecule has 1 aliphatic rings. The molecule has 0 aromatic carbocycles. The van der Waals surface area contributed by atoms with Crippen LogP contribution in [-0.4, -0.2) is 53.0 Å². The monoisotopic (exact) mass is 342 g/mol. The number of thiophene rings is 1. The van der Waals surface area contributed by atoms with Crippen molar-refractivity contribution in [3.63, 3.8) is 0 Å². The van der Waals surface area contributed by atoms with Crippen LogP contribution in [0.2, 0.25) is 0 Å². The molecular weight excluding hydrogens is 324 g/mol. The quantitative estimate of drug-likeness (QED) is 0.907. The third-order valence-corrected chi connectivity index (χ3v) is 4.93. The van der Waals surface area contributed by atoms with Crippen LogP contribution in [0.1, 0.15) is 12.5 Å². The molecule has 1 atom stereocenters. The summed E-state index contributed by atoms with van der Waals surface area (Å²) in [5.74, 6) is 0.643. The SMILES string of the molecule is C[C@H](C(=O)Nc1sccc1C#N)N1CCN(c2ncccn2)CC1. The Bertz CT molecular complexity index is 733. The van der Waals surface area contributed by atoms with E-state index < -0.39 is 0 Å². The molecule has 1 amide bonds. The van der Waals surface area contributed by atoms with Crippen molar-refractivity contribution in [2.45, 2.75) is 13.0 Å². The maximum atomic E-state index is 12.4. The van der Waals surface area contributed by atoms with E-state index in [0.717, 1.165) is 32.1 Å². The van der Waals surface area contributed by atoms with Crippen molar-refractivity contribution in [3.8, 4) is 6.07 Å². The van der Waals surface area contributed by atoms with Crippen LogP contribution in [0.25, 0.3) is 0 Å². The normalized spacial score (nSPS) is 16.4. The van der Waals surface area contributed by atoms with Gasteiger partial charge >= 0.3 is 0 Å². The van der Waals surface area contributed by atoms with Crippen molar-refractivity contribution in [2.75, 3.05) is 36.4 Å². The van der Waals surface area contributed by atoms with Crippen LogP contribution in [0.3, 0.4) is 0 Å². The van der Waals surface area contributed by atoms with E-state index in [1.807, 2.05) is 6.92 Å². The maximum absolute atomic E-state index is 12.4. The van der Waals surface area contributed by atoms with Crippen molar-refractivity contribution < 1.29 is 4.79 Å². The molecule has 8 heteroatoms. The van der Waals surface area contributed by atoms with Crippen molar-refractivity contribution >= 4 is 28.2 Å². The number of carbonyl (C=O) groups is 1. The van der Waals surface area contributed by atoms with E-state index in [-0.39, 0.29) is 11.9 Å². The summed E-state index contributed by atoms with van der Waals surface area (Å²) in [6.07, 6.45) is 3.47. The molecule has 124 valence electrons. The lowest BCUT2D eigenvalue weighted by Gasteiger charge is -2.37. The van der Waals surface area contributed by atoms with Crippen LogP contribution in [0.4, 0.5) is 10.9 Å². The van der Waals surface area contributed by atoms with Gasteiger partial charge in [-0.15, -0.1) is 11.3 Å². The Labute approximate surface area is 144 Å². The lowest BCUT2D eigenvalue weighted by atomic mass is 10.2. The number of rotatable bonds is 4. The number of carbonyl (C=O) groups excluding carboxylic acids is 1. The standard InChI is InChI=1S/C16H18N6OS/c1-12(14(23)20-15-13(11-17)3-10-24-15)21-6-8-22(9-7-21)16-18-4-2-5-19-16/h2-5,10,12H,6-9H2,1H3,(H,20,23)/t12-/m1/s1. The second kappa shape index (κ2) is 7.38. The van der Waals surface area contributed by atoms with Gasteiger partial charge in [0.1, 0.15) is 11.1 Å². The van der Waals surface area contributed by atoms with Gasteiger partial charge in [-0.3, -0.25) is 9.69 Å². The second-order valence-electron chi connectivity index (χ2n) is 5.51. The minimum Gasteiger partial charge on any atom is -0.338 e. The van der Waals surface area contributed by atoms with Crippen molar-refractivity contribution in [1.82, 2.24) is 14.9 Å². The van der Waals surface area contributed by atoms with E-state index in [4.69, 9.17) is 5.26 Å². The minimum absolute atomic E-state index is 0.0849. The van der Waals surface area contributed by atoms with Crippen LogP contribution in [0, 0.1) is 11.3 Å². The predicted octanol–water partition coefficient (Wildman–Crippen LogP) is 1.56. The number of hydrogen-bond acceptors (Lipinski definition) is 7. The molecule has 24 heavy (non-hydrogen) atoms. The number of nitriles is 1. The van der Waals surface area contributed by atoms with Gasteiger partial charge in [0.25, 0.3) is 0 Å². The molecule has 2 aromatic rings. The Balaban J connectivity index is 1.56. The molecule has 1 aliphatic heterocycles. The Hall–Kier alpha value is -2.50. The highest BCUT2D eigenvalue weighted by Crippen LogP contribution is 2.23. The smallest absolute Gasteiger partial charge is 0.242 e. The number of nitrogens with zero attached hydrogens (tertiary/aromatic N) is 5. The zero-order chi connectivity index (χ0) is 16.9. The van der Waals surface area contributed by atoms with Crippen molar-refractivity contribution in [2.24, 2.45) is 0 Å². The summed E-state index contributed by atoms with van der Waals surface area (Å²) in [5, 5.41) is 14.3. The lowest BCUT2D eigenvalue weighted by Crippen LogP contribution is -2.53. The third-order valence-electron chi connectivity index (χ3n) is 4.10. The summed E-state index contributed by atoms with van der Waals surface area (Å²) < 4.78 is 0. The van der Waals surface area contributed by atoms with Gasteiger partial charge in [-0.05, 0) is 24.4 Å². The van der Waals surface area contributed by atoms with Gasteiger partial charge in [-0.2, -0.15) is 5.26 Å². The second-order valence-corrected chi connectivity index (χ2v) is 6.43. The zero-order valence-corrected chi connectivity index (χ0v) is 14.2. The summed E-state index contributed by atoms with van der Waals surface area (Å²) in [6, 6.07) is 5.34. The first kappa shape index (κ1) is 16.4. The molecule has 3 rings (SSSR count). The predicted molar refractivity (Wildman–Crippen MR) is 92.9 cm³/mol. The Morgan fingerprint density at radius 1 is 1.33 bits per heavy atom. The fourth-order valence-corrected chi connectivity index (χ4v) is 3.38. The Morgan fingerprint density at radius 3 is 2.71 bits per heavy atom. The van der Waals surface area contributed by atoms with Gasteiger partial charge < -0.3 is 10.2 Å². The Kier molecular flexibility index (Phi) is 5.03. The molecule has 1 fully saturated rings. The summed E-state index contributed by atoms with van der Waals surface area (Å²) in [7, 11) is 0.